The summed E-state index contributed by atoms with van der Waals surface area (Å²) < 4.78 is 23.0. The van der Waals surface area contributed by atoms with E-state index < -0.39 is 21.4 Å². The Balaban J connectivity index is 1.81. The van der Waals surface area contributed by atoms with E-state index in [-0.39, 0.29) is 23.9 Å². The van der Waals surface area contributed by atoms with Crippen LogP contribution in [-0.4, -0.2) is 46.5 Å². The zero-order valence-electron chi connectivity index (χ0n) is 13.4. The quantitative estimate of drug-likeness (QED) is 0.746. The number of hydrogen-bond acceptors (Lipinski definition) is 8. The van der Waals surface area contributed by atoms with Gasteiger partial charge in [0.25, 0.3) is 5.91 Å². The Kier molecular flexibility index (Phi) is 4.57. The summed E-state index contributed by atoms with van der Waals surface area (Å²) in [5.41, 5.74) is -0.276. The topological polar surface area (TPSA) is 131 Å². The van der Waals surface area contributed by atoms with Crippen LogP contribution < -0.4 is 5.32 Å². The summed E-state index contributed by atoms with van der Waals surface area (Å²) in [7, 11) is -3.22. The second kappa shape index (κ2) is 6.53. The van der Waals surface area contributed by atoms with Crippen LogP contribution in [0.4, 0.5) is 0 Å². The van der Waals surface area contributed by atoms with Crippen LogP contribution in [0.1, 0.15) is 41.5 Å². The van der Waals surface area contributed by atoms with Crippen molar-refractivity contribution in [3.63, 3.8) is 0 Å². The van der Waals surface area contributed by atoms with Crippen molar-refractivity contribution in [2.24, 2.45) is 0 Å². The first-order valence-corrected chi connectivity index (χ1v) is 10.6. The van der Waals surface area contributed by atoms with E-state index in [4.69, 9.17) is 0 Å². The van der Waals surface area contributed by atoms with Gasteiger partial charge >= 0.3 is 0 Å². The second-order valence-electron chi connectivity index (χ2n) is 6.04. The van der Waals surface area contributed by atoms with E-state index >= 15 is 0 Å². The zero-order chi connectivity index (χ0) is 18.1. The molecular weight excluding hydrogens is 364 g/mol. The maximum atomic E-state index is 12.3. The number of aromatic nitrogens is 4. The Morgan fingerprint density at radius 2 is 2.32 bits per heavy atom. The van der Waals surface area contributed by atoms with Crippen molar-refractivity contribution in [2.75, 3.05) is 12.0 Å². The van der Waals surface area contributed by atoms with Crippen molar-refractivity contribution in [1.82, 2.24) is 25.5 Å². The average molecular weight is 380 g/mol. The third-order valence-electron chi connectivity index (χ3n) is 3.92. The van der Waals surface area contributed by atoms with Gasteiger partial charge in [0, 0.05) is 11.6 Å². The Morgan fingerprint density at radius 3 is 2.88 bits per heavy atom. The molecule has 1 saturated carbocycles. The van der Waals surface area contributed by atoms with Crippen molar-refractivity contribution < 1.29 is 13.2 Å². The molecule has 2 heterocycles. The van der Waals surface area contributed by atoms with Crippen molar-refractivity contribution in [3.05, 3.63) is 28.2 Å². The van der Waals surface area contributed by atoms with Gasteiger partial charge in [0.2, 0.25) is 0 Å². The summed E-state index contributed by atoms with van der Waals surface area (Å²) in [5.74, 6) is -0.259. The van der Waals surface area contributed by atoms with E-state index in [1.54, 1.807) is 16.8 Å². The lowest BCUT2D eigenvalue weighted by atomic mass is 10.2. The fourth-order valence-corrected chi connectivity index (χ4v) is 3.55. The lowest BCUT2D eigenvalue weighted by molar-refractivity contribution is 0.0934. The van der Waals surface area contributed by atoms with Gasteiger partial charge in [0.15, 0.2) is 11.4 Å². The highest BCUT2D eigenvalue weighted by Gasteiger charge is 2.48. The number of carbonyl (C=O) groups excluding carboxylic acids is 1. The van der Waals surface area contributed by atoms with Gasteiger partial charge in [-0.15, -0.1) is 15.0 Å². The van der Waals surface area contributed by atoms with Crippen LogP contribution >= 0.6 is 11.3 Å². The predicted octanol–water partition coefficient (Wildman–Crippen LogP) is 0.653. The first-order valence-electron chi connectivity index (χ1n) is 7.55. The highest BCUT2D eigenvalue weighted by Crippen LogP contribution is 2.41. The number of hydrogen-bond donors (Lipinski definition) is 1. The zero-order valence-corrected chi connectivity index (χ0v) is 15.0. The van der Waals surface area contributed by atoms with Crippen LogP contribution in [0.5, 0.6) is 0 Å². The molecule has 0 unspecified atom stereocenters. The summed E-state index contributed by atoms with van der Waals surface area (Å²) in [6.45, 7) is 0. The first kappa shape index (κ1) is 17.5. The first-order chi connectivity index (χ1) is 11.8. The number of nitrogens with one attached hydrogen (secondary N) is 1. The lowest BCUT2D eigenvalue weighted by Crippen LogP contribution is -2.30. The van der Waals surface area contributed by atoms with Gasteiger partial charge in [-0.1, -0.05) is 0 Å². The lowest BCUT2D eigenvalue weighted by Gasteiger charge is -2.14. The molecule has 3 rings (SSSR count). The Hall–Kier alpha value is -2.32. The predicted molar refractivity (Wildman–Crippen MR) is 89.5 cm³/mol. The fraction of sp³-hybridized carbons (Fsp3) is 0.500. The normalized spacial score (nSPS) is 16.8. The standard InChI is InChI=1S/C14H16N6O3S2/c1-25(22,23)7-3-11(16-13(21)10-2-6-24-8-10)12-17-19-20(18-12)14(9-15)4-5-14/h2,6,8,11H,3-5,7H2,1H3,(H,16,21)/t11-/m0/s1. The van der Waals surface area contributed by atoms with E-state index in [2.05, 4.69) is 26.8 Å². The molecule has 0 radical (unpaired) electrons. The fourth-order valence-electron chi connectivity index (χ4n) is 2.25. The number of nitrogens with zero attached hydrogens (tertiary/aromatic N) is 5. The molecule has 1 aliphatic rings. The molecule has 0 aliphatic heterocycles. The van der Waals surface area contributed by atoms with E-state index in [0.717, 1.165) is 6.26 Å². The molecule has 11 heteroatoms. The number of carbonyl (C=O) groups is 1. The van der Waals surface area contributed by atoms with Gasteiger partial charge in [-0.05, 0) is 35.9 Å². The molecule has 132 valence electrons. The molecular formula is C14H16N6O3S2. The SMILES string of the molecule is CS(=O)(=O)CC[C@H](NC(=O)c1ccsc1)c1nnn(C2(C#N)CC2)n1. The highest BCUT2D eigenvalue weighted by molar-refractivity contribution is 7.90. The van der Waals surface area contributed by atoms with Crippen LogP contribution in [0.25, 0.3) is 0 Å². The maximum Gasteiger partial charge on any atom is 0.252 e. The number of nitriles is 1. The molecule has 25 heavy (non-hydrogen) atoms. The summed E-state index contributed by atoms with van der Waals surface area (Å²) >= 11 is 1.39. The minimum absolute atomic E-state index is 0.125. The maximum absolute atomic E-state index is 12.3. The molecule has 0 bridgehead atoms. The number of tetrazole rings is 1. The monoisotopic (exact) mass is 380 g/mol. The van der Waals surface area contributed by atoms with Crippen LogP contribution in [0.3, 0.4) is 0 Å². The molecule has 0 spiro atoms. The smallest absolute Gasteiger partial charge is 0.252 e. The minimum Gasteiger partial charge on any atom is -0.342 e. The van der Waals surface area contributed by atoms with E-state index in [1.165, 1.54) is 16.1 Å². The molecule has 2 aromatic heterocycles. The molecule has 1 aliphatic carbocycles. The van der Waals surface area contributed by atoms with Crippen molar-refractivity contribution in [3.8, 4) is 6.07 Å². The summed E-state index contributed by atoms with van der Waals surface area (Å²) in [6.07, 6.45) is 2.55. The minimum atomic E-state index is -3.22. The molecule has 0 aromatic carbocycles. The number of amides is 1. The van der Waals surface area contributed by atoms with Crippen LogP contribution in [-0.2, 0) is 15.4 Å². The summed E-state index contributed by atoms with van der Waals surface area (Å²) in [6, 6.07) is 3.13. The molecule has 1 atom stereocenters. The van der Waals surface area contributed by atoms with Gasteiger partial charge in [-0.2, -0.15) is 16.6 Å². The number of sulfone groups is 1. The average Bonchev–Trinajstić information content (AvgIpc) is 3.00. The van der Waals surface area contributed by atoms with Crippen LogP contribution in [0.2, 0.25) is 0 Å². The Labute approximate surface area is 148 Å². The van der Waals surface area contributed by atoms with Gasteiger partial charge in [-0.3, -0.25) is 4.79 Å². The van der Waals surface area contributed by atoms with Crippen molar-refractivity contribution in [2.45, 2.75) is 30.8 Å². The molecule has 1 N–H and O–H groups in total. The van der Waals surface area contributed by atoms with Gasteiger partial charge in [0.05, 0.1) is 23.4 Å². The molecule has 0 saturated heterocycles. The van der Waals surface area contributed by atoms with Gasteiger partial charge < -0.3 is 5.32 Å². The third kappa shape index (κ3) is 4.02. The number of rotatable bonds is 7. The van der Waals surface area contributed by atoms with E-state index in [9.17, 15) is 18.5 Å². The molecule has 2 aromatic rings. The van der Waals surface area contributed by atoms with Crippen molar-refractivity contribution in [1.29, 1.82) is 5.26 Å². The van der Waals surface area contributed by atoms with E-state index in [0.29, 0.717) is 18.4 Å². The molecule has 1 fully saturated rings. The molecule has 9 nitrogen and oxygen atoms in total. The summed E-state index contributed by atoms with van der Waals surface area (Å²) in [5, 5.41) is 27.5. The van der Waals surface area contributed by atoms with E-state index in [1.807, 2.05) is 0 Å². The Morgan fingerprint density at radius 1 is 1.56 bits per heavy atom. The largest absolute Gasteiger partial charge is 0.342 e. The van der Waals surface area contributed by atoms with Gasteiger partial charge in [0.1, 0.15) is 9.84 Å². The molecule has 1 amide bonds. The Bertz CT molecular complexity index is 909. The summed E-state index contributed by atoms with van der Waals surface area (Å²) in [4.78, 5) is 13.6. The van der Waals surface area contributed by atoms with Crippen LogP contribution in [0.15, 0.2) is 16.8 Å². The van der Waals surface area contributed by atoms with Gasteiger partial charge in [-0.25, -0.2) is 8.42 Å². The highest BCUT2D eigenvalue weighted by atomic mass is 32.2. The third-order valence-corrected chi connectivity index (χ3v) is 5.58. The van der Waals surface area contributed by atoms with Crippen molar-refractivity contribution >= 4 is 27.1 Å². The number of thiophene rings is 1. The second-order valence-corrected chi connectivity index (χ2v) is 9.08. The van der Waals surface area contributed by atoms with Crippen LogP contribution in [0, 0.1) is 11.3 Å².